The molecule has 0 amide bonds. The Labute approximate surface area is 87.4 Å². The second-order valence-electron chi connectivity index (χ2n) is 2.31. The van der Waals surface area contributed by atoms with Gasteiger partial charge < -0.3 is 0 Å². The fraction of sp³-hybridized carbons (Fsp3) is 0.167. The quantitative estimate of drug-likeness (QED) is 0.643. The zero-order valence-electron chi connectivity index (χ0n) is 6.81. The van der Waals surface area contributed by atoms with E-state index in [1.807, 2.05) is 0 Å². The van der Waals surface area contributed by atoms with Gasteiger partial charge in [0.15, 0.2) is 0 Å². The molecule has 76 valence electrons. The summed E-state index contributed by atoms with van der Waals surface area (Å²) >= 11 is 10.6. The van der Waals surface area contributed by atoms with Crippen LogP contribution in [0.25, 0.3) is 0 Å². The van der Waals surface area contributed by atoms with Gasteiger partial charge in [0.2, 0.25) is 0 Å². The molecule has 0 spiro atoms. The molecule has 14 heavy (non-hydrogen) atoms. The smallest absolute Gasteiger partial charge is 0.246 e. The monoisotopic (exact) mass is 237 g/mol. The van der Waals surface area contributed by atoms with Gasteiger partial charge in [-0.25, -0.2) is 19.0 Å². The minimum atomic E-state index is -1.09. The number of rotatable bonds is 2. The van der Waals surface area contributed by atoms with Crippen LogP contribution in [0.3, 0.4) is 0 Å². The number of allylic oxidation sites excluding steroid dienone is 1. The number of hydrogen-bond acceptors (Lipinski definition) is 3. The average Bonchev–Trinajstić information content (AvgIpc) is 2.19. The lowest BCUT2D eigenvalue weighted by molar-refractivity contribution is 0.630. The molecule has 0 aliphatic carbocycles. The second-order valence-corrected chi connectivity index (χ2v) is 2.98. The Hall–Kier alpha value is -1.27. The molecule has 0 N–H and O–H groups in total. The molecule has 1 aromatic heterocycles. The Morgan fingerprint density at radius 2 is 1.50 bits per heavy atom. The summed E-state index contributed by atoms with van der Waals surface area (Å²) in [4.78, 5) is 33.4. The lowest BCUT2D eigenvalue weighted by atomic mass is 10.6. The molecule has 0 radical (unpaired) electrons. The summed E-state index contributed by atoms with van der Waals surface area (Å²) in [7, 11) is 0. The number of halogens is 2. The summed E-state index contributed by atoms with van der Waals surface area (Å²) in [6, 6.07) is 0. The first-order valence-electron chi connectivity index (χ1n) is 3.42. The molecule has 1 aromatic rings. The largest absolute Gasteiger partial charge is 0.366 e. The van der Waals surface area contributed by atoms with Crippen molar-refractivity contribution in [3.63, 3.8) is 0 Å². The first-order valence-corrected chi connectivity index (χ1v) is 4.10. The molecule has 0 fully saturated rings. The van der Waals surface area contributed by atoms with Gasteiger partial charge in [0.1, 0.15) is 0 Å². The highest BCUT2D eigenvalue weighted by Crippen LogP contribution is 1.78. The highest BCUT2D eigenvalue weighted by Gasteiger charge is 2.11. The highest BCUT2D eigenvalue weighted by molar-refractivity contribution is 6.17. The third-order valence-electron chi connectivity index (χ3n) is 1.45. The SMILES string of the molecule is C=CCn1c(=O)n(Cl)c(=O)n(Cl)c1=O. The summed E-state index contributed by atoms with van der Waals surface area (Å²) < 4.78 is 1.12. The first kappa shape index (κ1) is 10.8. The number of nitrogens with zero attached hydrogens (tertiary/aromatic N) is 3. The molecule has 0 aliphatic rings. The van der Waals surface area contributed by atoms with Gasteiger partial charge in [-0.3, -0.25) is 0 Å². The van der Waals surface area contributed by atoms with E-state index in [0.717, 1.165) is 0 Å². The highest BCUT2D eigenvalue weighted by atomic mass is 35.5. The molecule has 0 saturated carbocycles. The number of aromatic nitrogens is 3. The van der Waals surface area contributed by atoms with Crippen molar-refractivity contribution in [3.05, 3.63) is 44.1 Å². The van der Waals surface area contributed by atoms with Crippen LogP contribution in [0.4, 0.5) is 0 Å². The van der Waals surface area contributed by atoms with Crippen LogP contribution in [0.1, 0.15) is 0 Å². The third kappa shape index (κ3) is 1.53. The van der Waals surface area contributed by atoms with Gasteiger partial charge in [0, 0.05) is 23.6 Å². The van der Waals surface area contributed by atoms with Crippen LogP contribution in [0.2, 0.25) is 0 Å². The predicted octanol–water partition coefficient (Wildman–Crippen LogP) is -0.639. The molecule has 1 rings (SSSR count). The van der Waals surface area contributed by atoms with Gasteiger partial charge in [0.05, 0.1) is 6.54 Å². The normalized spacial score (nSPS) is 10.1. The minimum Gasteiger partial charge on any atom is -0.246 e. The topological polar surface area (TPSA) is 66.0 Å². The zero-order valence-corrected chi connectivity index (χ0v) is 8.33. The van der Waals surface area contributed by atoms with Crippen LogP contribution in [0.5, 0.6) is 0 Å². The predicted molar refractivity (Wildman–Crippen MR) is 51.9 cm³/mol. The summed E-state index contributed by atoms with van der Waals surface area (Å²) in [5, 5.41) is 0. The lowest BCUT2D eigenvalue weighted by Gasteiger charge is -2.02. The second kappa shape index (κ2) is 3.85. The van der Waals surface area contributed by atoms with Gasteiger partial charge in [-0.15, -0.1) is 14.8 Å². The van der Waals surface area contributed by atoms with E-state index in [-0.39, 0.29) is 14.7 Å². The van der Waals surface area contributed by atoms with Gasteiger partial charge in [-0.2, -0.15) is 0 Å². The Bertz CT molecular complexity index is 498. The molecular weight excluding hydrogens is 233 g/mol. The Morgan fingerprint density at radius 3 is 1.86 bits per heavy atom. The van der Waals surface area contributed by atoms with Crippen molar-refractivity contribution in [1.29, 1.82) is 0 Å². The molecule has 0 saturated heterocycles. The first-order chi connectivity index (χ1) is 6.50. The third-order valence-corrected chi connectivity index (χ3v) is 2.02. The van der Waals surface area contributed by atoms with Crippen LogP contribution in [0.15, 0.2) is 27.0 Å². The van der Waals surface area contributed by atoms with Crippen LogP contribution in [0, 0.1) is 0 Å². The number of hydrogen-bond donors (Lipinski definition) is 0. The van der Waals surface area contributed by atoms with Crippen molar-refractivity contribution >= 4 is 23.6 Å². The van der Waals surface area contributed by atoms with Crippen molar-refractivity contribution in [2.75, 3.05) is 0 Å². The van der Waals surface area contributed by atoms with Crippen molar-refractivity contribution in [3.8, 4) is 0 Å². The lowest BCUT2D eigenvalue weighted by Crippen LogP contribution is -2.49. The molecule has 1 heterocycles. The van der Waals surface area contributed by atoms with Gasteiger partial charge >= 0.3 is 17.1 Å². The van der Waals surface area contributed by atoms with Gasteiger partial charge in [0.25, 0.3) is 0 Å². The van der Waals surface area contributed by atoms with Gasteiger partial charge in [-0.1, -0.05) is 6.08 Å². The van der Waals surface area contributed by atoms with Crippen molar-refractivity contribution in [1.82, 2.24) is 12.7 Å². The van der Waals surface area contributed by atoms with E-state index in [9.17, 15) is 14.4 Å². The summed E-state index contributed by atoms with van der Waals surface area (Å²) in [5.41, 5.74) is -2.99. The standard InChI is InChI=1S/C6H5Cl2N3O3/c1-2-3-9-4(12)10(7)6(14)11(8)5(9)13/h2H,1,3H2. The Balaban J connectivity index is 3.78. The van der Waals surface area contributed by atoms with Crippen LogP contribution < -0.4 is 17.1 Å². The van der Waals surface area contributed by atoms with E-state index < -0.39 is 17.1 Å². The molecular formula is C6H5Cl2N3O3. The average molecular weight is 238 g/mol. The van der Waals surface area contributed by atoms with Gasteiger partial charge in [-0.05, 0) is 0 Å². The van der Waals surface area contributed by atoms with Crippen LogP contribution in [-0.4, -0.2) is 12.7 Å². The summed E-state index contributed by atoms with van der Waals surface area (Å²) in [6.45, 7) is 3.27. The van der Waals surface area contributed by atoms with Crippen LogP contribution >= 0.6 is 23.6 Å². The van der Waals surface area contributed by atoms with Crippen molar-refractivity contribution < 1.29 is 0 Å². The Kier molecular flexibility index (Phi) is 2.97. The van der Waals surface area contributed by atoms with E-state index in [1.165, 1.54) is 6.08 Å². The molecule has 0 aromatic carbocycles. The maximum absolute atomic E-state index is 11.2. The van der Waals surface area contributed by atoms with E-state index in [4.69, 9.17) is 23.6 Å². The van der Waals surface area contributed by atoms with E-state index in [1.54, 1.807) is 0 Å². The van der Waals surface area contributed by atoms with Crippen molar-refractivity contribution in [2.45, 2.75) is 6.54 Å². The molecule has 6 nitrogen and oxygen atoms in total. The minimum absolute atomic E-state index is 0.0720. The maximum Gasteiger partial charge on any atom is 0.366 e. The van der Waals surface area contributed by atoms with Crippen molar-refractivity contribution in [2.24, 2.45) is 0 Å². The zero-order chi connectivity index (χ0) is 10.9. The van der Waals surface area contributed by atoms with Crippen LogP contribution in [-0.2, 0) is 6.54 Å². The van der Waals surface area contributed by atoms with E-state index >= 15 is 0 Å². The molecule has 0 bridgehead atoms. The fourth-order valence-electron chi connectivity index (χ4n) is 0.820. The fourth-order valence-corrected chi connectivity index (χ4v) is 1.19. The summed E-state index contributed by atoms with van der Waals surface area (Å²) in [5.74, 6) is 0. The van der Waals surface area contributed by atoms with E-state index in [0.29, 0.717) is 4.57 Å². The van der Waals surface area contributed by atoms with E-state index in [2.05, 4.69) is 6.58 Å². The summed E-state index contributed by atoms with van der Waals surface area (Å²) in [6.07, 6.45) is 1.31. The molecule has 0 aliphatic heterocycles. The molecule has 0 unspecified atom stereocenters. The maximum atomic E-state index is 11.2. The Morgan fingerprint density at radius 1 is 1.07 bits per heavy atom. The molecule has 8 heteroatoms. The molecule has 0 atom stereocenters.